The molecule has 88 valence electrons. The zero-order chi connectivity index (χ0) is 10.1. The number of rotatable bonds is 1. The summed E-state index contributed by atoms with van der Waals surface area (Å²) in [6, 6.07) is 9.06. The van der Waals surface area contributed by atoms with Gasteiger partial charge in [-0.2, -0.15) is 0 Å². The minimum atomic E-state index is 0. The molecule has 1 saturated heterocycles. The minimum absolute atomic E-state index is 0. The van der Waals surface area contributed by atoms with Crippen LogP contribution in [0.2, 0.25) is 0 Å². The third-order valence-corrected chi connectivity index (χ3v) is 4.13. The van der Waals surface area contributed by atoms with Crippen molar-refractivity contribution in [2.24, 2.45) is 5.92 Å². The van der Waals surface area contributed by atoms with Gasteiger partial charge < -0.3 is 5.32 Å². The van der Waals surface area contributed by atoms with Gasteiger partial charge >= 0.3 is 0 Å². The van der Waals surface area contributed by atoms with Gasteiger partial charge in [0, 0.05) is 0 Å². The van der Waals surface area contributed by atoms with Crippen LogP contribution in [0.3, 0.4) is 0 Å². The van der Waals surface area contributed by atoms with E-state index >= 15 is 0 Å². The summed E-state index contributed by atoms with van der Waals surface area (Å²) in [6.45, 7) is 2.45. The Labute approximate surface area is 104 Å². The Morgan fingerprint density at radius 3 is 2.56 bits per heavy atom. The smallest absolute Gasteiger partial charge is 0.00461 e. The Hall–Kier alpha value is -0.530. The van der Waals surface area contributed by atoms with Gasteiger partial charge in [-0.1, -0.05) is 24.3 Å². The van der Waals surface area contributed by atoms with Crippen molar-refractivity contribution in [2.75, 3.05) is 13.1 Å². The van der Waals surface area contributed by atoms with E-state index in [1.165, 1.54) is 38.8 Å². The van der Waals surface area contributed by atoms with Crippen LogP contribution in [-0.2, 0) is 6.42 Å². The van der Waals surface area contributed by atoms with E-state index in [1.807, 2.05) is 0 Å². The highest BCUT2D eigenvalue weighted by atomic mass is 35.5. The molecule has 1 aromatic rings. The van der Waals surface area contributed by atoms with Gasteiger partial charge in [0.25, 0.3) is 0 Å². The SMILES string of the molecule is Cl.c1ccc2c(c1)CCC2C1CCNCC1. The summed E-state index contributed by atoms with van der Waals surface area (Å²) in [4.78, 5) is 0. The molecule has 0 aromatic heterocycles. The van der Waals surface area contributed by atoms with Crippen molar-refractivity contribution in [3.63, 3.8) is 0 Å². The first-order valence-corrected chi connectivity index (χ1v) is 6.23. The molecular weight excluding hydrogens is 218 g/mol. The van der Waals surface area contributed by atoms with Gasteiger partial charge in [0.05, 0.1) is 0 Å². The number of piperidine rings is 1. The Morgan fingerprint density at radius 2 is 1.75 bits per heavy atom. The molecule has 1 aliphatic carbocycles. The monoisotopic (exact) mass is 237 g/mol. The van der Waals surface area contributed by atoms with Crippen molar-refractivity contribution in [2.45, 2.75) is 31.6 Å². The quantitative estimate of drug-likeness (QED) is 0.792. The zero-order valence-electron chi connectivity index (χ0n) is 9.61. The Morgan fingerprint density at radius 1 is 1.00 bits per heavy atom. The standard InChI is InChI=1S/C14H19N.ClH/c1-2-4-13-11(3-1)5-6-14(13)12-7-9-15-10-8-12;/h1-4,12,14-15H,5-10H2;1H. The Kier molecular flexibility index (Phi) is 3.88. The molecule has 1 heterocycles. The molecule has 0 radical (unpaired) electrons. The number of nitrogens with one attached hydrogen (secondary N) is 1. The van der Waals surface area contributed by atoms with Crippen molar-refractivity contribution < 1.29 is 0 Å². The molecule has 0 saturated carbocycles. The number of halogens is 1. The van der Waals surface area contributed by atoms with Gasteiger partial charge in [-0.25, -0.2) is 0 Å². The fraction of sp³-hybridized carbons (Fsp3) is 0.571. The third kappa shape index (κ3) is 2.11. The van der Waals surface area contributed by atoms with Gasteiger partial charge in [0.2, 0.25) is 0 Å². The molecule has 0 spiro atoms. The van der Waals surface area contributed by atoms with Crippen LogP contribution in [0.25, 0.3) is 0 Å². The maximum absolute atomic E-state index is 3.46. The first-order valence-electron chi connectivity index (χ1n) is 6.23. The first kappa shape index (κ1) is 11.9. The molecule has 0 bridgehead atoms. The molecule has 1 atom stereocenters. The van der Waals surface area contributed by atoms with Crippen LogP contribution in [0.4, 0.5) is 0 Å². The Bertz CT molecular complexity index is 344. The number of hydrogen-bond donors (Lipinski definition) is 1. The highest BCUT2D eigenvalue weighted by Gasteiger charge is 2.29. The highest BCUT2D eigenvalue weighted by Crippen LogP contribution is 2.41. The van der Waals surface area contributed by atoms with Crippen molar-refractivity contribution >= 4 is 12.4 Å². The second kappa shape index (κ2) is 5.20. The maximum atomic E-state index is 3.46. The average molecular weight is 238 g/mol. The van der Waals surface area contributed by atoms with E-state index < -0.39 is 0 Å². The second-order valence-corrected chi connectivity index (χ2v) is 4.93. The van der Waals surface area contributed by atoms with E-state index in [0.717, 1.165) is 11.8 Å². The second-order valence-electron chi connectivity index (χ2n) is 4.93. The molecule has 3 rings (SSSR count). The molecule has 1 N–H and O–H groups in total. The third-order valence-electron chi connectivity index (χ3n) is 4.13. The fourth-order valence-electron chi connectivity index (χ4n) is 3.33. The lowest BCUT2D eigenvalue weighted by Crippen LogP contribution is -2.30. The van der Waals surface area contributed by atoms with Gasteiger partial charge in [0.1, 0.15) is 0 Å². The van der Waals surface area contributed by atoms with Gasteiger partial charge in [-0.05, 0) is 61.7 Å². The maximum Gasteiger partial charge on any atom is -0.00461 e. The van der Waals surface area contributed by atoms with Crippen LogP contribution in [-0.4, -0.2) is 13.1 Å². The molecular formula is C14H20ClN. The highest BCUT2D eigenvalue weighted by molar-refractivity contribution is 5.85. The van der Waals surface area contributed by atoms with E-state index in [4.69, 9.17) is 0 Å². The van der Waals surface area contributed by atoms with Gasteiger partial charge in [-0.3, -0.25) is 0 Å². The van der Waals surface area contributed by atoms with Crippen molar-refractivity contribution in [3.8, 4) is 0 Å². The summed E-state index contributed by atoms with van der Waals surface area (Å²) < 4.78 is 0. The number of aryl methyl sites for hydroxylation is 1. The molecule has 16 heavy (non-hydrogen) atoms. The molecule has 1 unspecified atom stereocenters. The Balaban J connectivity index is 0.000000963. The van der Waals surface area contributed by atoms with Crippen LogP contribution < -0.4 is 5.32 Å². The van der Waals surface area contributed by atoms with Gasteiger partial charge in [0.15, 0.2) is 0 Å². The van der Waals surface area contributed by atoms with E-state index in [1.54, 1.807) is 11.1 Å². The molecule has 1 nitrogen and oxygen atoms in total. The van der Waals surface area contributed by atoms with E-state index in [9.17, 15) is 0 Å². The van der Waals surface area contributed by atoms with E-state index in [2.05, 4.69) is 29.6 Å². The molecule has 1 aliphatic heterocycles. The molecule has 2 aliphatic rings. The summed E-state index contributed by atoms with van der Waals surface area (Å²) in [7, 11) is 0. The summed E-state index contributed by atoms with van der Waals surface area (Å²) in [5, 5.41) is 3.46. The predicted molar refractivity (Wildman–Crippen MR) is 70.3 cm³/mol. The topological polar surface area (TPSA) is 12.0 Å². The molecule has 1 fully saturated rings. The van der Waals surface area contributed by atoms with Crippen molar-refractivity contribution in [1.29, 1.82) is 0 Å². The average Bonchev–Trinajstić information content (AvgIpc) is 2.74. The summed E-state index contributed by atoms with van der Waals surface area (Å²) >= 11 is 0. The van der Waals surface area contributed by atoms with Crippen LogP contribution in [0.5, 0.6) is 0 Å². The van der Waals surface area contributed by atoms with Crippen LogP contribution in [0, 0.1) is 5.92 Å². The predicted octanol–water partition coefficient (Wildman–Crippen LogP) is 3.14. The minimum Gasteiger partial charge on any atom is -0.317 e. The number of fused-ring (bicyclic) bond motifs is 1. The normalized spacial score (nSPS) is 24.9. The zero-order valence-corrected chi connectivity index (χ0v) is 10.4. The molecule has 0 amide bonds. The first-order chi connectivity index (χ1) is 7.45. The lowest BCUT2D eigenvalue weighted by Gasteiger charge is -2.28. The number of hydrogen-bond acceptors (Lipinski definition) is 1. The molecule has 1 aromatic carbocycles. The molecule has 2 heteroatoms. The van der Waals surface area contributed by atoms with Crippen LogP contribution in [0.1, 0.15) is 36.3 Å². The van der Waals surface area contributed by atoms with Gasteiger partial charge in [-0.15, -0.1) is 12.4 Å². The van der Waals surface area contributed by atoms with Crippen LogP contribution >= 0.6 is 12.4 Å². The number of benzene rings is 1. The summed E-state index contributed by atoms with van der Waals surface area (Å²) in [6.07, 6.45) is 5.45. The largest absolute Gasteiger partial charge is 0.317 e. The fourth-order valence-corrected chi connectivity index (χ4v) is 3.33. The van der Waals surface area contributed by atoms with E-state index in [-0.39, 0.29) is 12.4 Å². The van der Waals surface area contributed by atoms with Crippen LogP contribution in [0.15, 0.2) is 24.3 Å². The lowest BCUT2D eigenvalue weighted by molar-refractivity contribution is 0.317. The van der Waals surface area contributed by atoms with E-state index in [0.29, 0.717) is 0 Å². The van der Waals surface area contributed by atoms with Crippen molar-refractivity contribution in [1.82, 2.24) is 5.32 Å². The summed E-state index contributed by atoms with van der Waals surface area (Å²) in [5.74, 6) is 1.80. The lowest BCUT2D eigenvalue weighted by atomic mass is 9.81. The summed E-state index contributed by atoms with van der Waals surface area (Å²) in [5.41, 5.74) is 3.27. The van der Waals surface area contributed by atoms with Crippen molar-refractivity contribution in [3.05, 3.63) is 35.4 Å².